The van der Waals surface area contributed by atoms with Gasteiger partial charge in [0.05, 0.1) is 0 Å². The third-order valence-corrected chi connectivity index (χ3v) is 0. The number of rotatable bonds is 0. The predicted molar refractivity (Wildman–Crippen MR) is 20.4 cm³/mol. The molecule has 0 atom stereocenters. The molecule has 0 rings (SSSR count). The van der Waals surface area contributed by atoms with Crippen molar-refractivity contribution in [3.8, 4) is 0 Å². The molecule has 0 fully saturated rings. The Morgan fingerprint density at radius 3 is 0.600 bits per heavy atom. The first-order valence-corrected chi connectivity index (χ1v) is 0.667. The molecule has 0 aromatic rings. The lowest BCUT2D eigenvalue weighted by Gasteiger charge is -1.27. The van der Waals surface area contributed by atoms with E-state index < -0.39 is 0 Å². The maximum Gasteiger partial charge on any atom is -0.274 e. The van der Waals surface area contributed by atoms with Crippen molar-refractivity contribution in [1.29, 1.82) is 0 Å². The van der Waals surface area contributed by atoms with E-state index >= 15 is 0 Å². The minimum atomic E-state index is 0. The summed E-state index contributed by atoms with van der Waals surface area (Å²) in [5.74, 6) is 16.0. The van der Waals surface area contributed by atoms with Crippen LogP contribution in [0.2, 0.25) is 0 Å². The molecule has 5 nitrogen and oxygen atoms in total. The number of hydrogen-bond donors (Lipinski definition) is 4. The molecule has 0 aliphatic rings. The van der Waals surface area contributed by atoms with E-state index in [1.807, 2.05) is 0 Å². The van der Waals surface area contributed by atoms with Crippen molar-refractivity contribution in [1.82, 2.24) is 0 Å². The molecule has 0 aromatic heterocycles. The second kappa shape index (κ2) is 745. The average Bonchev–Trinajstić information content (AvgIpc) is 1.50. The SMILES string of the molecule is NN.NN.O. The summed E-state index contributed by atoms with van der Waals surface area (Å²) in [7, 11) is 0. The zero-order valence-corrected chi connectivity index (χ0v) is 2.81. The van der Waals surface area contributed by atoms with Crippen LogP contribution in [0.3, 0.4) is 0 Å². The first-order valence-electron chi connectivity index (χ1n) is 0.667. The Bertz CT molecular complexity index is 3.61. The van der Waals surface area contributed by atoms with Gasteiger partial charge in [0.2, 0.25) is 0 Å². The Morgan fingerprint density at radius 1 is 0.600 bits per heavy atom. The van der Waals surface area contributed by atoms with Gasteiger partial charge in [0.15, 0.2) is 0 Å². The largest absolute Gasteiger partial charge is 0.412 e. The molecule has 5 heavy (non-hydrogen) atoms. The summed E-state index contributed by atoms with van der Waals surface area (Å²) in [6, 6.07) is 0. The van der Waals surface area contributed by atoms with E-state index in [4.69, 9.17) is 0 Å². The number of hydrogen-bond acceptors (Lipinski definition) is 4. The summed E-state index contributed by atoms with van der Waals surface area (Å²) in [6.45, 7) is 0. The standard InChI is InChI=1S/2H4N2.H2O/c2*1-2;/h2*1-2H2;1H2. The van der Waals surface area contributed by atoms with E-state index in [0.717, 1.165) is 0 Å². The van der Waals surface area contributed by atoms with Crippen molar-refractivity contribution >= 4 is 0 Å². The van der Waals surface area contributed by atoms with Crippen molar-refractivity contribution in [2.24, 2.45) is 23.4 Å². The molecule has 0 bridgehead atoms. The topological polar surface area (TPSA) is 136 Å². The average molecular weight is 82.1 g/mol. The fourth-order valence-corrected chi connectivity index (χ4v) is 0. The lowest BCUT2D eigenvalue weighted by molar-refractivity contribution is 0.824. The second-order valence-corrected chi connectivity index (χ2v) is 0. The molecule has 0 aliphatic carbocycles. The van der Waals surface area contributed by atoms with Gasteiger partial charge in [0.1, 0.15) is 0 Å². The highest BCUT2D eigenvalue weighted by molar-refractivity contribution is 3.26. The van der Waals surface area contributed by atoms with E-state index in [1.54, 1.807) is 0 Å². The summed E-state index contributed by atoms with van der Waals surface area (Å²) in [5.41, 5.74) is 0. The predicted octanol–water partition coefficient (Wildman–Crippen LogP) is -3.19. The van der Waals surface area contributed by atoms with Crippen LogP contribution in [-0.4, -0.2) is 5.48 Å². The van der Waals surface area contributed by atoms with Gasteiger partial charge in [-0.3, -0.25) is 23.4 Å². The van der Waals surface area contributed by atoms with E-state index in [1.165, 1.54) is 0 Å². The van der Waals surface area contributed by atoms with Crippen LogP contribution in [-0.2, 0) is 0 Å². The first kappa shape index (κ1) is 21.4. The molecule has 0 aliphatic heterocycles. The molecule has 0 heterocycles. The first-order chi connectivity index (χ1) is 2.00. The van der Waals surface area contributed by atoms with Crippen LogP contribution >= 0.6 is 0 Å². The van der Waals surface area contributed by atoms with Gasteiger partial charge in [-0.15, -0.1) is 0 Å². The van der Waals surface area contributed by atoms with E-state index in [9.17, 15) is 0 Å². The van der Waals surface area contributed by atoms with Gasteiger partial charge in [-0.25, -0.2) is 0 Å². The minimum Gasteiger partial charge on any atom is -0.412 e. The van der Waals surface area contributed by atoms with E-state index in [2.05, 4.69) is 23.4 Å². The van der Waals surface area contributed by atoms with Crippen LogP contribution in [0, 0.1) is 0 Å². The molecule has 0 amide bonds. The number of hydrazine groups is 2. The molecule has 10 N–H and O–H groups in total. The highest BCUT2D eigenvalue weighted by Crippen LogP contribution is -0.0170. The molecule has 36 valence electrons. The van der Waals surface area contributed by atoms with Crippen molar-refractivity contribution < 1.29 is 5.48 Å². The summed E-state index contributed by atoms with van der Waals surface area (Å²) in [5, 5.41) is 0. The van der Waals surface area contributed by atoms with Gasteiger partial charge in [-0.05, 0) is 0 Å². The molecule has 0 saturated heterocycles. The van der Waals surface area contributed by atoms with Crippen LogP contribution in [0.25, 0.3) is 0 Å². The van der Waals surface area contributed by atoms with Gasteiger partial charge in [-0.1, -0.05) is 0 Å². The zero-order chi connectivity index (χ0) is 4.00. The Labute approximate surface area is 30.2 Å². The molecule has 0 saturated carbocycles. The molecule has 0 spiro atoms. The molecule has 0 aromatic carbocycles. The van der Waals surface area contributed by atoms with E-state index in [0.29, 0.717) is 0 Å². The third kappa shape index (κ3) is 308. The maximum absolute atomic E-state index is 4.00. The quantitative estimate of drug-likeness (QED) is 0.181. The Morgan fingerprint density at radius 2 is 0.600 bits per heavy atom. The van der Waals surface area contributed by atoms with Gasteiger partial charge in [0, 0.05) is 0 Å². The minimum absolute atomic E-state index is 0. The third-order valence-electron chi connectivity index (χ3n) is 0. The van der Waals surface area contributed by atoms with Crippen molar-refractivity contribution in [2.75, 3.05) is 0 Å². The van der Waals surface area contributed by atoms with E-state index in [-0.39, 0.29) is 5.48 Å². The molecule has 0 unspecified atom stereocenters. The van der Waals surface area contributed by atoms with Crippen molar-refractivity contribution in [3.05, 3.63) is 0 Å². The maximum atomic E-state index is 4.00. The van der Waals surface area contributed by atoms with Crippen LogP contribution in [0.5, 0.6) is 0 Å². The fraction of sp³-hybridized carbons (Fsp3) is 0. The smallest absolute Gasteiger partial charge is 0.274 e. The number of nitrogens with two attached hydrogens (primary N) is 4. The highest BCUT2D eigenvalue weighted by Gasteiger charge is 0.728. The Kier molecular flexibility index (Phi) is 3190. The molecule has 0 radical (unpaired) electrons. The highest BCUT2D eigenvalue weighted by atomic mass is 16.0. The summed E-state index contributed by atoms with van der Waals surface area (Å²) in [4.78, 5) is 0. The second-order valence-electron chi connectivity index (χ2n) is 0. The lowest BCUT2D eigenvalue weighted by atomic mass is 13.0. The van der Waals surface area contributed by atoms with Crippen molar-refractivity contribution in [2.45, 2.75) is 0 Å². The van der Waals surface area contributed by atoms with Crippen LogP contribution in [0.1, 0.15) is 0 Å². The zero-order valence-electron chi connectivity index (χ0n) is 2.81. The molecular formula is H10N4O. The fourth-order valence-electron chi connectivity index (χ4n) is 0. The molecule has 5 heteroatoms. The van der Waals surface area contributed by atoms with Crippen molar-refractivity contribution in [3.63, 3.8) is 0 Å². The van der Waals surface area contributed by atoms with Gasteiger partial charge >= 0.3 is 0 Å². The summed E-state index contributed by atoms with van der Waals surface area (Å²) >= 11 is 0. The lowest BCUT2D eigenvalue weighted by Crippen LogP contribution is -2.02. The Balaban J connectivity index is -0.0000000133. The monoisotopic (exact) mass is 82.1 g/mol. The van der Waals surface area contributed by atoms with Gasteiger partial charge in [-0.2, -0.15) is 0 Å². The van der Waals surface area contributed by atoms with Gasteiger partial charge < -0.3 is 5.48 Å². The Hall–Kier alpha value is -0.200. The van der Waals surface area contributed by atoms with Crippen LogP contribution in [0.4, 0.5) is 0 Å². The van der Waals surface area contributed by atoms with Crippen LogP contribution < -0.4 is 23.4 Å². The van der Waals surface area contributed by atoms with Crippen LogP contribution in [0.15, 0.2) is 0 Å². The summed E-state index contributed by atoms with van der Waals surface area (Å²) < 4.78 is 0. The molecular weight excluding hydrogens is 72.0 g/mol. The van der Waals surface area contributed by atoms with Gasteiger partial charge in [0.25, 0.3) is 0 Å². The normalized spacial score (nSPS) is 2.40. The summed E-state index contributed by atoms with van der Waals surface area (Å²) in [6.07, 6.45) is 0.